The Morgan fingerprint density at radius 2 is 2.27 bits per heavy atom. The number of hydrogen-bond acceptors (Lipinski definition) is 1. The van der Waals surface area contributed by atoms with Crippen molar-refractivity contribution in [3.63, 3.8) is 0 Å². The second-order valence-corrected chi connectivity index (χ2v) is 2.07. The molecule has 0 fully saturated rings. The molecule has 0 spiro atoms. The van der Waals surface area contributed by atoms with Crippen LogP contribution in [0.25, 0.3) is 0 Å². The number of rotatable bonds is 1. The van der Waals surface area contributed by atoms with E-state index in [-0.39, 0.29) is 21.1 Å². The van der Waals surface area contributed by atoms with Crippen molar-refractivity contribution in [2.24, 2.45) is 0 Å². The summed E-state index contributed by atoms with van der Waals surface area (Å²) in [7, 11) is 0. The van der Waals surface area contributed by atoms with Gasteiger partial charge < -0.3 is 5.11 Å². The summed E-state index contributed by atoms with van der Waals surface area (Å²) in [6, 6.07) is 7.58. The molecule has 1 N–H and O–H groups in total. The van der Waals surface area contributed by atoms with Crippen LogP contribution >= 0.6 is 0 Å². The van der Waals surface area contributed by atoms with Crippen LogP contribution in [-0.2, 0) is 21.1 Å². The summed E-state index contributed by atoms with van der Waals surface area (Å²) >= 11 is 0. The van der Waals surface area contributed by atoms with E-state index in [0.29, 0.717) is 5.56 Å². The molecule has 1 aromatic rings. The Bertz CT molecular complexity index is 258. The molecule has 0 aliphatic rings. The first-order valence-corrected chi connectivity index (χ1v) is 2.92. The Labute approximate surface area is 79.5 Å². The van der Waals surface area contributed by atoms with Crippen LogP contribution in [-0.4, -0.2) is 11.1 Å². The summed E-state index contributed by atoms with van der Waals surface area (Å²) in [5.41, 5.74) is 1.16. The van der Waals surface area contributed by atoms with Gasteiger partial charge in [-0.15, -0.1) is 0 Å². The van der Waals surface area contributed by atoms with Crippen molar-refractivity contribution in [3.8, 4) is 0 Å². The number of carboxylic acid groups (broad SMARTS) is 1. The largest absolute Gasteiger partial charge is 0.479 e. The van der Waals surface area contributed by atoms with Gasteiger partial charge in [0.2, 0.25) is 0 Å². The zero-order valence-electron chi connectivity index (χ0n) is 6.00. The molecular formula is C8H7O2W-. The van der Waals surface area contributed by atoms with Crippen LogP contribution in [0.1, 0.15) is 15.9 Å². The Kier molecular flexibility index (Phi) is 4.05. The van der Waals surface area contributed by atoms with Gasteiger partial charge in [-0.25, -0.2) is 4.79 Å². The van der Waals surface area contributed by atoms with Gasteiger partial charge in [-0.1, -0.05) is 6.92 Å². The number of benzene rings is 1. The second kappa shape index (κ2) is 4.30. The molecule has 0 aliphatic heterocycles. The van der Waals surface area contributed by atoms with Gasteiger partial charge in [-0.2, -0.15) is 29.8 Å². The standard InChI is InChI=1S/C8H7O2.W/c1-6-3-2-4-7(5-6)8(9)10;/h2,4-5H,1H3,(H,9,10);/q-1;. The van der Waals surface area contributed by atoms with E-state index in [2.05, 4.69) is 6.07 Å². The van der Waals surface area contributed by atoms with Crippen LogP contribution in [0.3, 0.4) is 0 Å². The zero-order chi connectivity index (χ0) is 7.56. The maximum atomic E-state index is 10.3. The Morgan fingerprint density at radius 3 is 2.64 bits per heavy atom. The SMILES string of the molecule is Cc1[c-]ccc(C(=O)O)c1.[W]. The molecule has 3 heteroatoms. The van der Waals surface area contributed by atoms with E-state index in [1.165, 1.54) is 6.07 Å². The minimum Gasteiger partial charge on any atom is -0.479 e. The Hall–Kier alpha value is -0.622. The molecule has 11 heavy (non-hydrogen) atoms. The number of carbonyl (C=O) groups is 1. The van der Waals surface area contributed by atoms with Crippen molar-refractivity contribution in [2.45, 2.75) is 6.92 Å². The first-order valence-electron chi connectivity index (χ1n) is 2.92. The molecule has 1 aromatic carbocycles. The van der Waals surface area contributed by atoms with Crippen molar-refractivity contribution >= 4 is 5.97 Å². The van der Waals surface area contributed by atoms with E-state index >= 15 is 0 Å². The first-order chi connectivity index (χ1) is 4.70. The third kappa shape index (κ3) is 2.85. The maximum Gasteiger partial charge on any atom is 0.311 e. The fraction of sp³-hybridized carbons (Fsp3) is 0.125. The third-order valence-corrected chi connectivity index (χ3v) is 1.19. The van der Waals surface area contributed by atoms with Gasteiger partial charge in [0.15, 0.2) is 0 Å². The van der Waals surface area contributed by atoms with Crippen molar-refractivity contribution < 1.29 is 31.0 Å². The average molecular weight is 319 g/mol. The van der Waals surface area contributed by atoms with E-state index in [1.54, 1.807) is 12.1 Å². The minimum atomic E-state index is -0.892. The van der Waals surface area contributed by atoms with E-state index in [0.717, 1.165) is 5.56 Å². The molecule has 58 valence electrons. The molecule has 0 bridgehead atoms. The molecule has 0 saturated heterocycles. The molecule has 0 aliphatic carbocycles. The summed E-state index contributed by atoms with van der Waals surface area (Å²) in [6.07, 6.45) is 0. The molecule has 0 aromatic heterocycles. The summed E-state index contributed by atoms with van der Waals surface area (Å²) in [5, 5.41) is 8.50. The van der Waals surface area contributed by atoms with E-state index in [4.69, 9.17) is 5.11 Å². The van der Waals surface area contributed by atoms with Crippen LogP contribution in [0.5, 0.6) is 0 Å². The molecule has 0 atom stereocenters. The first kappa shape index (κ1) is 10.4. The molecule has 0 amide bonds. The van der Waals surface area contributed by atoms with Crippen LogP contribution < -0.4 is 0 Å². The second-order valence-electron chi connectivity index (χ2n) is 2.07. The van der Waals surface area contributed by atoms with Gasteiger partial charge in [0.25, 0.3) is 0 Å². The van der Waals surface area contributed by atoms with Crippen LogP contribution in [0, 0.1) is 13.0 Å². The zero-order valence-corrected chi connectivity index (χ0v) is 8.93. The van der Waals surface area contributed by atoms with Crippen molar-refractivity contribution in [3.05, 3.63) is 35.4 Å². The van der Waals surface area contributed by atoms with Crippen LogP contribution in [0.15, 0.2) is 18.2 Å². The van der Waals surface area contributed by atoms with Gasteiger partial charge >= 0.3 is 5.97 Å². The number of aromatic carboxylic acids is 1. The topological polar surface area (TPSA) is 37.3 Å². The summed E-state index contributed by atoms with van der Waals surface area (Å²) < 4.78 is 0. The van der Waals surface area contributed by atoms with E-state index in [1.807, 2.05) is 6.92 Å². The molecule has 0 saturated carbocycles. The third-order valence-electron chi connectivity index (χ3n) is 1.19. The van der Waals surface area contributed by atoms with Gasteiger partial charge in [0.1, 0.15) is 0 Å². The summed E-state index contributed by atoms with van der Waals surface area (Å²) in [6.45, 7) is 1.81. The van der Waals surface area contributed by atoms with Crippen LogP contribution in [0.4, 0.5) is 0 Å². The maximum absolute atomic E-state index is 10.3. The number of hydrogen-bond donors (Lipinski definition) is 1. The normalized spacial score (nSPS) is 8.45. The molecule has 1 rings (SSSR count). The summed E-state index contributed by atoms with van der Waals surface area (Å²) in [4.78, 5) is 10.3. The quantitative estimate of drug-likeness (QED) is 0.797. The molecule has 0 unspecified atom stereocenters. The predicted octanol–water partition coefficient (Wildman–Crippen LogP) is 1.49. The molecular weight excluding hydrogens is 312 g/mol. The minimum absolute atomic E-state index is 0. The van der Waals surface area contributed by atoms with Gasteiger partial charge in [0.05, 0.1) is 0 Å². The van der Waals surface area contributed by atoms with Gasteiger partial charge in [0, 0.05) is 21.1 Å². The molecule has 0 radical (unpaired) electrons. The van der Waals surface area contributed by atoms with Crippen LogP contribution in [0.2, 0.25) is 0 Å². The van der Waals surface area contributed by atoms with Gasteiger partial charge in [-0.3, -0.25) is 0 Å². The van der Waals surface area contributed by atoms with Crippen molar-refractivity contribution in [2.75, 3.05) is 0 Å². The molecule has 2 nitrogen and oxygen atoms in total. The smallest absolute Gasteiger partial charge is 0.311 e. The fourth-order valence-corrected chi connectivity index (χ4v) is 0.719. The average Bonchev–Trinajstić information content (AvgIpc) is 1.88. The number of aryl methyl sites for hydroxylation is 1. The predicted molar refractivity (Wildman–Crippen MR) is 37.0 cm³/mol. The van der Waals surface area contributed by atoms with E-state index in [9.17, 15) is 4.79 Å². The fourth-order valence-electron chi connectivity index (χ4n) is 0.719. The Balaban J connectivity index is 0.000001000. The molecule has 0 heterocycles. The van der Waals surface area contributed by atoms with Gasteiger partial charge in [-0.05, 0) is 5.56 Å². The summed E-state index contributed by atoms with van der Waals surface area (Å²) in [5.74, 6) is -0.892. The number of carboxylic acids is 1. The van der Waals surface area contributed by atoms with E-state index < -0.39 is 5.97 Å². The van der Waals surface area contributed by atoms with Crippen molar-refractivity contribution in [1.82, 2.24) is 0 Å². The Morgan fingerprint density at radius 1 is 1.64 bits per heavy atom. The monoisotopic (exact) mass is 319 g/mol. The van der Waals surface area contributed by atoms with Crippen molar-refractivity contribution in [1.29, 1.82) is 0 Å².